The van der Waals surface area contributed by atoms with Crippen LogP contribution in [0, 0.1) is 0 Å². The number of carbonyl (C=O) groups is 1. The summed E-state index contributed by atoms with van der Waals surface area (Å²) in [7, 11) is 0. The molecule has 19 heavy (non-hydrogen) atoms. The van der Waals surface area contributed by atoms with Gasteiger partial charge in [0.25, 0.3) is 0 Å². The molecule has 0 bridgehead atoms. The summed E-state index contributed by atoms with van der Waals surface area (Å²) in [5.41, 5.74) is -1.93. The van der Waals surface area contributed by atoms with Crippen molar-refractivity contribution < 1.29 is 19.7 Å². The van der Waals surface area contributed by atoms with Gasteiger partial charge in [-0.15, -0.1) is 0 Å². The fourth-order valence-electron chi connectivity index (χ4n) is 1.29. The normalized spacial score (nSPS) is 13.8. The van der Waals surface area contributed by atoms with Crippen LogP contribution in [0.15, 0.2) is 37.1 Å². The van der Waals surface area contributed by atoms with E-state index in [1.54, 1.807) is 35.4 Å². The summed E-state index contributed by atoms with van der Waals surface area (Å²) in [6.07, 6.45) is 6.44. The summed E-state index contributed by atoms with van der Waals surface area (Å²) in [4.78, 5) is 18.7. The van der Waals surface area contributed by atoms with Gasteiger partial charge in [0, 0.05) is 12.4 Å². The van der Waals surface area contributed by atoms with E-state index in [0.29, 0.717) is 11.6 Å². The lowest BCUT2D eigenvalue weighted by Crippen LogP contribution is -2.41. The topological polar surface area (TPSA) is 97.5 Å². The molecule has 2 aromatic heterocycles. The minimum absolute atomic E-state index is 0.353. The number of rotatable bonds is 5. The zero-order valence-corrected chi connectivity index (χ0v) is 10.2. The number of imidazole rings is 1. The maximum atomic E-state index is 10.7. The molecule has 0 aliphatic carbocycles. The Morgan fingerprint density at radius 3 is 2.84 bits per heavy atom. The molecular formula is C12H13N3O4. The van der Waals surface area contributed by atoms with E-state index in [1.807, 2.05) is 0 Å². The van der Waals surface area contributed by atoms with Crippen LogP contribution >= 0.6 is 0 Å². The third kappa shape index (κ3) is 3.08. The summed E-state index contributed by atoms with van der Waals surface area (Å²) < 4.78 is 6.91. The molecule has 2 rings (SSSR count). The van der Waals surface area contributed by atoms with Crippen molar-refractivity contribution in [1.82, 2.24) is 14.5 Å². The second-order valence-corrected chi connectivity index (χ2v) is 4.19. The van der Waals surface area contributed by atoms with Gasteiger partial charge < -0.3 is 14.9 Å². The number of carboxylic acid groups (broad SMARTS) is 1. The zero-order chi connectivity index (χ0) is 13.9. The van der Waals surface area contributed by atoms with Gasteiger partial charge >= 0.3 is 5.97 Å². The Labute approximate surface area is 109 Å². The first-order valence-electron chi connectivity index (χ1n) is 5.52. The summed E-state index contributed by atoms with van der Waals surface area (Å²) in [5.74, 6) is -0.296. The maximum absolute atomic E-state index is 10.7. The average Bonchev–Trinajstić information content (AvgIpc) is 2.91. The van der Waals surface area contributed by atoms with Crippen LogP contribution < -0.4 is 4.74 Å². The molecule has 7 nitrogen and oxygen atoms in total. The lowest BCUT2D eigenvalue weighted by molar-refractivity contribution is -0.159. The molecule has 1 atom stereocenters. The number of nitrogens with zero attached hydrogens (tertiary/aromatic N) is 3. The molecule has 2 N–H and O–H groups in total. The first kappa shape index (κ1) is 13.0. The van der Waals surface area contributed by atoms with Crippen LogP contribution in [0.25, 0.3) is 5.82 Å². The van der Waals surface area contributed by atoms with Crippen molar-refractivity contribution in [3.8, 4) is 11.6 Å². The molecule has 0 aliphatic heterocycles. The fourth-order valence-corrected chi connectivity index (χ4v) is 1.29. The quantitative estimate of drug-likeness (QED) is 0.814. The van der Waals surface area contributed by atoms with Crippen molar-refractivity contribution in [2.24, 2.45) is 0 Å². The molecule has 0 amide bonds. The predicted octanol–water partition coefficient (Wildman–Crippen LogP) is 0.482. The minimum Gasteiger partial charge on any atom is -0.488 e. The van der Waals surface area contributed by atoms with Gasteiger partial charge in [-0.05, 0) is 19.1 Å². The molecule has 2 heterocycles. The first-order valence-corrected chi connectivity index (χ1v) is 5.52. The van der Waals surface area contributed by atoms with Gasteiger partial charge in [-0.2, -0.15) is 0 Å². The molecule has 0 spiro atoms. The standard InChI is InChI=1S/C12H13N3O4/c1-12(18,11(16)17)7-19-9-2-3-10(14-6-9)15-5-4-13-8-15/h2-6,8,18H,7H2,1H3,(H,16,17)/t12-/m0/s1. The Balaban J connectivity index is 2.02. The highest BCUT2D eigenvalue weighted by Crippen LogP contribution is 2.14. The molecule has 0 unspecified atom stereocenters. The first-order chi connectivity index (χ1) is 8.99. The summed E-state index contributed by atoms with van der Waals surface area (Å²) >= 11 is 0. The van der Waals surface area contributed by atoms with Crippen molar-refractivity contribution in [3.63, 3.8) is 0 Å². The van der Waals surface area contributed by atoms with E-state index in [1.165, 1.54) is 13.1 Å². The molecule has 0 aliphatic rings. The predicted molar refractivity (Wildman–Crippen MR) is 65.1 cm³/mol. The molecule has 7 heteroatoms. The van der Waals surface area contributed by atoms with Gasteiger partial charge in [0.1, 0.15) is 24.5 Å². The van der Waals surface area contributed by atoms with E-state index in [9.17, 15) is 9.90 Å². The van der Waals surface area contributed by atoms with Crippen LogP contribution in [-0.2, 0) is 4.79 Å². The van der Waals surface area contributed by atoms with E-state index in [4.69, 9.17) is 9.84 Å². The number of hydrogen-bond acceptors (Lipinski definition) is 5. The molecule has 100 valence electrons. The summed E-state index contributed by atoms with van der Waals surface area (Å²) in [6.45, 7) is 0.817. The summed E-state index contributed by atoms with van der Waals surface area (Å²) in [5, 5.41) is 18.2. The van der Waals surface area contributed by atoms with Crippen molar-refractivity contribution in [2.75, 3.05) is 6.61 Å². The Hall–Kier alpha value is -2.41. The molecule has 0 radical (unpaired) electrons. The van der Waals surface area contributed by atoms with Crippen LogP contribution in [-0.4, -0.2) is 42.9 Å². The van der Waals surface area contributed by atoms with Crippen LogP contribution in [0.5, 0.6) is 5.75 Å². The van der Waals surface area contributed by atoms with Crippen molar-refractivity contribution >= 4 is 5.97 Å². The Bertz CT molecular complexity index is 549. The fraction of sp³-hybridized carbons (Fsp3) is 0.250. The second kappa shape index (κ2) is 5.07. The number of pyridine rings is 1. The zero-order valence-electron chi connectivity index (χ0n) is 10.2. The van der Waals surface area contributed by atoms with E-state index >= 15 is 0 Å². The highest BCUT2D eigenvalue weighted by molar-refractivity contribution is 5.76. The van der Waals surface area contributed by atoms with Crippen LogP contribution in [0.3, 0.4) is 0 Å². The monoisotopic (exact) mass is 263 g/mol. The second-order valence-electron chi connectivity index (χ2n) is 4.19. The van der Waals surface area contributed by atoms with Crippen molar-refractivity contribution in [1.29, 1.82) is 0 Å². The van der Waals surface area contributed by atoms with Gasteiger partial charge in [0.15, 0.2) is 5.60 Å². The lowest BCUT2D eigenvalue weighted by Gasteiger charge is -2.18. The van der Waals surface area contributed by atoms with Crippen LogP contribution in [0.4, 0.5) is 0 Å². The Morgan fingerprint density at radius 2 is 2.32 bits per heavy atom. The number of carboxylic acids is 1. The maximum Gasteiger partial charge on any atom is 0.339 e. The van der Waals surface area contributed by atoms with Gasteiger partial charge in [-0.3, -0.25) is 4.57 Å². The average molecular weight is 263 g/mol. The molecule has 0 fully saturated rings. The largest absolute Gasteiger partial charge is 0.488 e. The SMILES string of the molecule is C[C@](O)(COc1ccc(-n2ccnc2)nc1)C(=O)O. The Kier molecular flexibility index (Phi) is 3.48. The molecule has 0 saturated carbocycles. The van der Waals surface area contributed by atoms with Gasteiger partial charge in [0.2, 0.25) is 0 Å². The van der Waals surface area contributed by atoms with E-state index in [-0.39, 0.29) is 6.61 Å². The number of hydrogen-bond donors (Lipinski definition) is 2. The van der Waals surface area contributed by atoms with E-state index in [2.05, 4.69) is 9.97 Å². The van der Waals surface area contributed by atoms with Crippen molar-refractivity contribution in [2.45, 2.75) is 12.5 Å². The third-order valence-corrected chi connectivity index (χ3v) is 2.47. The Morgan fingerprint density at radius 1 is 1.53 bits per heavy atom. The number of aliphatic carboxylic acids is 1. The molecule has 0 aromatic carbocycles. The molecular weight excluding hydrogens is 250 g/mol. The number of ether oxygens (including phenoxy) is 1. The van der Waals surface area contributed by atoms with Gasteiger partial charge in [-0.25, -0.2) is 14.8 Å². The lowest BCUT2D eigenvalue weighted by atomic mass is 10.1. The number of aliphatic hydroxyl groups is 1. The number of aromatic nitrogens is 3. The smallest absolute Gasteiger partial charge is 0.339 e. The highest BCUT2D eigenvalue weighted by atomic mass is 16.5. The van der Waals surface area contributed by atoms with Gasteiger partial charge in [-0.1, -0.05) is 0 Å². The molecule has 0 saturated heterocycles. The van der Waals surface area contributed by atoms with Crippen molar-refractivity contribution in [3.05, 3.63) is 37.1 Å². The molecule has 2 aromatic rings. The highest BCUT2D eigenvalue weighted by Gasteiger charge is 2.30. The van der Waals surface area contributed by atoms with Crippen LogP contribution in [0.1, 0.15) is 6.92 Å². The third-order valence-electron chi connectivity index (χ3n) is 2.47. The van der Waals surface area contributed by atoms with Gasteiger partial charge in [0.05, 0.1) is 6.20 Å². The van der Waals surface area contributed by atoms with E-state index < -0.39 is 11.6 Å². The summed E-state index contributed by atoms with van der Waals surface area (Å²) in [6, 6.07) is 3.34. The minimum atomic E-state index is -1.93. The van der Waals surface area contributed by atoms with E-state index in [0.717, 1.165) is 0 Å². The van der Waals surface area contributed by atoms with Crippen LogP contribution in [0.2, 0.25) is 0 Å².